The van der Waals surface area contributed by atoms with Crippen molar-refractivity contribution >= 4 is 74.8 Å². The van der Waals surface area contributed by atoms with E-state index >= 15 is 0 Å². The van der Waals surface area contributed by atoms with Gasteiger partial charge in [-0.2, -0.15) is 0 Å². The number of benzene rings is 1. The Kier molecular flexibility index (Phi) is 9.61. The molecule has 0 spiro atoms. The van der Waals surface area contributed by atoms with Crippen LogP contribution in [0.5, 0.6) is 0 Å². The second kappa shape index (κ2) is 8.45. The van der Waals surface area contributed by atoms with Crippen molar-refractivity contribution < 1.29 is 26.2 Å². The normalized spacial score (nSPS) is 9.57. The zero-order valence-electron chi connectivity index (χ0n) is 12.3. The van der Waals surface area contributed by atoms with Crippen molar-refractivity contribution in [3.63, 3.8) is 0 Å². The molecule has 0 radical (unpaired) electrons. The van der Waals surface area contributed by atoms with Gasteiger partial charge in [0, 0.05) is 26.2 Å². The molecular weight excluding hydrogens is 472 g/mol. The molecule has 0 aliphatic carbocycles. The van der Waals surface area contributed by atoms with E-state index in [-0.39, 0.29) is 63.4 Å². The van der Waals surface area contributed by atoms with Gasteiger partial charge in [-0.15, -0.1) is 53.7 Å². The van der Waals surface area contributed by atoms with Crippen LogP contribution in [0.2, 0.25) is 0 Å². The van der Waals surface area contributed by atoms with Crippen LogP contribution in [0.3, 0.4) is 0 Å². The first-order chi connectivity index (χ1) is 8.00. The number of fused-ring (bicyclic) bond motifs is 2. The van der Waals surface area contributed by atoms with Gasteiger partial charge in [-0.3, -0.25) is 0 Å². The Labute approximate surface area is 171 Å². The van der Waals surface area contributed by atoms with Crippen molar-refractivity contribution in [3.05, 3.63) is 39.5 Å². The second-order valence-electron chi connectivity index (χ2n) is 4.89. The number of aryl methyl sites for hydroxylation is 3. The van der Waals surface area contributed by atoms with Crippen LogP contribution >= 0.6 is 53.2 Å². The van der Waals surface area contributed by atoms with Crippen LogP contribution in [0.4, 0.5) is 0 Å². The molecule has 0 saturated carbocycles. The van der Waals surface area contributed by atoms with E-state index in [4.69, 9.17) is 0 Å². The molecule has 0 unspecified atom stereocenters. The summed E-state index contributed by atoms with van der Waals surface area (Å²) in [6, 6.07) is 6.79. The molecule has 0 aliphatic heterocycles. The maximum absolute atomic E-state index is 3.78. The molecule has 0 aliphatic rings. The molecule has 0 bridgehead atoms. The summed E-state index contributed by atoms with van der Waals surface area (Å²) in [7, 11) is 2.14. The third kappa shape index (κ3) is 3.58. The maximum Gasteiger partial charge on any atom is 0 e. The van der Waals surface area contributed by atoms with Gasteiger partial charge in [0.1, 0.15) is 0 Å². The van der Waals surface area contributed by atoms with Crippen LogP contribution in [-0.4, -0.2) is 4.57 Å². The minimum Gasteiger partial charge on any atom is -0.461 e. The summed E-state index contributed by atoms with van der Waals surface area (Å²) in [5.41, 5.74) is 5.34. The Morgan fingerprint density at radius 2 is 1.62 bits per heavy atom. The fraction of sp³-hybridized carbons (Fsp3) is 0.267. The molecular formula is C15H18BrCl3NZr-. The first-order valence-corrected chi connectivity index (χ1v) is 6.61. The van der Waals surface area contributed by atoms with Crippen LogP contribution in [-0.2, 0) is 33.3 Å². The minimum absolute atomic E-state index is 0. The average Bonchev–Trinajstić information content (AvgIpc) is 2.75. The summed E-state index contributed by atoms with van der Waals surface area (Å²) in [6.07, 6.45) is 0. The molecule has 0 amide bonds. The molecule has 0 atom stereocenters. The first-order valence-electron chi connectivity index (χ1n) is 5.82. The van der Waals surface area contributed by atoms with Crippen molar-refractivity contribution in [1.82, 2.24) is 4.57 Å². The zero-order valence-corrected chi connectivity index (χ0v) is 18.8. The van der Waals surface area contributed by atoms with Crippen LogP contribution in [0, 0.1) is 20.8 Å². The molecule has 3 rings (SSSR count). The Hall–Kier alpha value is 0.603. The monoisotopic (exact) mass is 486 g/mol. The summed E-state index contributed by atoms with van der Waals surface area (Å²) in [6.45, 7) is 6.52. The van der Waals surface area contributed by atoms with E-state index in [1.165, 1.54) is 43.0 Å². The van der Waals surface area contributed by atoms with Gasteiger partial charge < -0.3 is 4.57 Å². The van der Waals surface area contributed by atoms with E-state index in [0.717, 1.165) is 0 Å². The molecule has 0 fully saturated rings. The molecule has 6 heteroatoms. The Balaban J connectivity index is 0. The van der Waals surface area contributed by atoms with E-state index in [9.17, 15) is 0 Å². The van der Waals surface area contributed by atoms with Crippen molar-refractivity contribution in [2.75, 3.05) is 0 Å². The van der Waals surface area contributed by atoms with Gasteiger partial charge in [0.15, 0.2) is 0 Å². The second-order valence-corrected chi connectivity index (χ2v) is 5.68. The third-order valence-corrected chi connectivity index (χ3v) is 4.68. The molecule has 1 aromatic heterocycles. The van der Waals surface area contributed by atoms with Crippen LogP contribution in [0.15, 0.2) is 22.7 Å². The fourth-order valence-corrected chi connectivity index (χ4v) is 3.53. The largest absolute Gasteiger partial charge is 0.461 e. The predicted octanol–water partition coefficient (Wildman–Crippen LogP) is 6.00. The van der Waals surface area contributed by atoms with Crippen molar-refractivity contribution in [3.8, 4) is 0 Å². The molecule has 2 aromatic carbocycles. The fourth-order valence-electron chi connectivity index (χ4n) is 2.69. The number of halogens is 4. The van der Waals surface area contributed by atoms with E-state index in [0.29, 0.717) is 0 Å². The zero-order chi connectivity index (χ0) is 12.3. The Morgan fingerprint density at radius 3 is 2.19 bits per heavy atom. The van der Waals surface area contributed by atoms with E-state index in [1.807, 2.05) is 0 Å². The molecule has 21 heavy (non-hydrogen) atoms. The summed E-state index contributed by atoms with van der Waals surface area (Å²) >= 11 is 3.78. The number of hydrogen-bond donors (Lipinski definition) is 0. The minimum atomic E-state index is 0. The van der Waals surface area contributed by atoms with Crippen molar-refractivity contribution in [1.29, 1.82) is 0 Å². The third-order valence-electron chi connectivity index (χ3n) is 3.85. The summed E-state index contributed by atoms with van der Waals surface area (Å²) in [4.78, 5) is 0. The van der Waals surface area contributed by atoms with E-state index in [2.05, 4.69) is 66.5 Å². The van der Waals surface area contributed by atoms with Gasteiger partial charge in [0.25, 0.3) is 0 Å². The predicted molar refractivity (Wildman–Crippen MR) is 99.7 cm³/mol. The van der Waals surface area contributed by atoms with Gasteiger partial charge >= 0.3 is 0 Å². The van der Waals surface area contributed by atoms with Gasteiger partial charge in [0.05, 0.1) is 0 Å². The molecule has 0 saturated heterocycles. The summed E-state index contributed by atoms with van der Waals surface area (Å²) in [5.74, 6) is 0. The van der Waals surface area contributed by atoms with Crippen molar-refractivity contribution in [2.24, 2.45) is 7.05 Å². The Bertz CT molecular complexity index is 762. The topological polar surface area (TPSA) is 4.93 Å². The van der Waals surface area contributed by atoms with Gasteiger partial charge in [-0.1, -0.05) is 53.7 Å². The molecule has 3 aromatic rings. The molecule has 1 nitrogen and oxygen atoms in total. The van der Waals surface area contributed by atoms with Crippen LogP contribution in [0.1, 0.15) is 16.8 Å². The molecule has 116 valence electrons. The smallest absolute Gasteiger partial charge is 0 e. The van der Waals surface area contributed by atoms with E-state index in [1.54, 1.807) is 0 Å². The van der Waals surface area contributed by atoms with Crippen LogP contribution < -0.4 is 0 Å². The first kappa shape index (κ1) is 23.9. The number of rotatable bonds is 0. The summed E-state index contributed by atoms with van der Waals surface area (Å²) < 4.78 is 3.51. The van der Waals surface area contributed by atoms with E-state index < -0.39 is 0 Å². The number of nitrogens with zero attached hydrogens (tertiary/aromatic N) is 1. The quantitative estimate of drug-likeness (QED) is 0.341. The number of hydrogen-bond acceptors (Lipinski definition) is 0. The summed E-state index contributed by atoms with van der Waals surface area (Å²) in [5, 5.41) is 3.99. The average molecular weight is 490 g/mol. The van der Waals surface area contributed by atoms with Gasteiger partial charge in [-0.25, -0.2) is 0 Å². The standard InChI is InChI=1S/C15H15BrN.3ClH.Zr/c1-8-5-11-7-13-14(15(16)12(11)6-8)9(2)10(3)17(13)4;;;;/h5-7H,1-4H3;3*1H;/q-1;;;;. The maximum atomic E-state index is 3.78. The van der Waals surface area contributed by atoms with Crippen molar-refractivity contribution in [2.45, 2.75) is 20.8 Å². The van der Waals surface area contributed by atoms with Crippen LogP contribution in [0.25, 0.3) is 21.7 Å². The molecule has 1 heterocycles. The van der Waals surface area contributed by atoms with Gasteiger partial charge in [-0.05, 0) is 34.8 Å². The molecule has 0 N–H and O–H groups in total. The van der Waals surface area contributed by atoms with Gasteiger partial charge in [0.2, 0.25) is 0 Å². The SMILES string of the molecule is Cc1cc2cc3c(c(Br)c2c1)c(C)[c-](C)n3C.Cl.Cl.Cl.[Zr]. The Morgan fingerprint density at radius 1 is 1.05 bits per heavy atom. The number of aromatic nitrogens is 1.